The highest BCUT2D eigenvalue weighted by Crippen LogP contribution is 1.91. The Morgan fingerprint density at radius 1 is 1.57 bits per heavy atom. The van der Waals surface area contributed by atoms with E-state index < -0.39 is 0 Å². The molecule has 0 saturated heterocycles. The van der Waals surface area contributed by atoms with Crippen LogP contribution in [0.5, 0.6) is 0 Å². The van der Waals surface area contributed by atoms with Gasteiger partial charge in [0, 0.05) is 5.57 Å². The molecule has 0 radical (unpaired) electrons. The van der Waals surface area contributed by atoms with Gasteiger partial charge in [0.15, 0.2) is 0 Å². The van der Waals surface area contributed by atoms with Gasteiger partial charge >= 0.3 is 0 Å². The first-order valence-electron chi connectivity index (χ1n) is 2.00. The molecule has 0 saturated carbocycles. The van der Waals surface area contributed by atoms with Crippen LogP contribution < -0.4 is 0 Å². The average molecular weight is 100 g/mol. The van der Waals surface area contributed by atoms with Gasteiger partial charge in [0.2, 0.25) is 0 Å². The zero-order valence-electron chi connectivity index (χ0n) is 4.43. The number of aliphatic hydroxyl groups excluding tert-OH is 1. The van der Waals surface area contributed by atoms with E-state index in [9.17, 15) is 4.79 Å². The molecule has 0 spiro atoms. The van der Waals surface area contributed by atoms with Gasteiger partial charge in [0.25, 0.3) is 0 Å². The summed E-state index contributed by atoms with van der Waals surface area (Å²) in [7, 11) is 0. The lowest BCUT2D eigenvalue weighted by Crippen LogP contribution is -1.81. The molecule has 0 amide bonds. The standard InChI is InChI=1S/C5H8O2/c1-4(3-6)5(2)7/h3,7H,1-2H3/b5-4-. The van der Waals surface area contributed by atoms with Gasteiger partial charge in [-0.1, -0.05) is 0 Å². The number of carbonyl (C=O) groups excluding carboxylic acids is 1. The van der Waals surface area contributed by atoms with Gasteiger partial charge in [-0.15, -0.1) is 0 Å². The first kappa shape index (κ1) is 6.21. The van der Waals surface area contributed by atoms with Crippen molar-refractivity contribution in [2.24, 2.45) is 0 Å². The van der Waals surface area contributed by atoms with Gasteiger partial charge in [-0.3, -0.25) is 4.79 Å². The first-order valence-corrected chi connectivity index (χ1v) is 2.00. The summed E-state index contributed by atoms with van der Waals surface area (Å²) in [6.07, 6.45) is 0.620. The van der Waals surface area contributed by atoms with Crippen molar-refractivity contribution >= 4 is 6.29 Å². The molecule has 7 heavy (non-hydrogen) atoms. The lowest BCUT2D eigenvalue weighted by Gasteiger charge is -1.86. The van der Waals surface area contributed by atoms with Crippen molar-refractivity contribution in [1.82, 2.24) is 0 Å². The fraction of sp³-hybridized carbons (Fsp3) is 0.400. The molecule has 0 aromatic heterocycles. The van der Waals surface area contributed by atoms with E-state index in [4.69, 9.17) is 5.11 Å². The molecule has 0 aromatic carbocycles. The zero-order valence-corrected chi connectivity index (χ0v) is 4.43. The van der Waals surface area contributed by atoms with Crippen LogP contribution >= 0.6 is 0 Å². The summed E-state index contributed by atoms with van der Waals surface area (Å²) in [5, 5.41) is 8.47. The summed E-state index contributed by atoms with van der Waals surface area (Å²) in [5.41, 5.74) is 0.389. The second-order valence-corrected chi connectivity index (χ2v) is 1.39. The molecule has 0 unspecified atom stereocenters. The summed E-state index contributed by atoms with van der Waals surface area (Å²) in [6.45, 7) is 3.03. The number of aliphatic hydroxyl groups is 1. The number of carbonyl (C=O) groups is 1. The molecule has 0 aliphatic rings. The third-order valence-electron chi connectivity index (χ3n) is 0.747. The molecular formula is C5H8O2. The minimum Gasteiger partial charge on any atom is -0.512 e. The Hall–Kier alpha value is -0.790. The van der Waals surface area contributed by atoms with Crippen LogP contribution in [0.25, 0.3) is 0 Å². The van der Waals surface area contributed by atoms with Crippen LogP contribution in [-0.4, -0.2) is 11.4 Å². The zero-order chi connectivity index (χ0) is 5.86. The normalized spacial score (nSPS) is 12.9. The second kappa shape index (κ2) is 2.39. The molecule has 0 bridgehead atoms. The van der Waals surface area contributed by atoms with Crippen molar-refractivity contribution in [3.05, 3.63) is 11.3 Å². The second-order valence-electron chi connectivity index (χ2n) is 1.39. The van der Waals surface area contributed by atoms with E-state index in [2.05, 4.69) is 0 Å². The van der Waals surface area contributed by atoms with Gasteiger partial charge in [-0.25, -0.2) is 0 Å². The maximum absolute atomic E-state index is 9.73. The monoisotopic (exact) mass is 100 g/mol. The maximum atomic E-state index is 9.73. The van der Waals surface area contributed by atoms with Crippen molar-refractivity contribution in [2.45, 2.75) is 13.8 Å². The summed E-state index contributed by atoms with van der Waals surface area (Å²) in [6, 6.07) is 0. The molecule has 40 valence electrons. The summed E-state index contributed by atoms with van der Waals surface area (Å²) < 4.78 is 0. The average Bonchev–Trinajstić information content (AvgIpc) is 1.65. The van der Waals surface area contributed by atoms with E-state index >= 15 is 0 Å². The predicted molar refractivity (Wildman–Crippen MR) is 27.1 cm³/mol. The predicted octanol–water partition coefficient (Wildman–Crippen LogP) is 1.04. The fourth-order valence-electron chi connectivity index (χ4n) is 0.0853. The largest absolute Gasteiger partial charge is 0.512 e. The number of rotatable bonds is 1. The van der Waals surface area contributed by atoms with Gasteiger partial charge in [-0.05, 0) is 13.8 Å². The molecule has 2 nitrogen and oxygen atoms in total. The molecule has 0 aromatic rings. The molecule has 2 heteroatoms. The van der Waals surface area contributed by atoms with Crippen molar-refractivity contribution in [2.75, 3.05) is 0 Å². The third kappa shape index (κ3) is 1.98. The van der Waals surface area contributed by atoms with Crippen LogP contribution in [0.15, 0.2) is 11.3 Å². The number of hydrogen-bond donors (Lipinski definition) is 1. The molecule has 1 N–H and O–H groups in total. The van der Waals surface area contributed by atoms with Crippen molar-refractivity contribution in [3.63, 3.8) is 0 Å². The summed E-state index contributed by atoms with van der Waals surface area (Å²) in [4.78, 5) is 9.73. The van der Waals surface area contributed by atoms with Crippen molar-refractivity contribution in [1.29, 1.82) is 0 Å². The first-order chi connectivity index (χ1) is 3.18. The number of aldehydes is 1. The lowest BCUT2D eigenvalue weighted by atomic mass is 10.3. The Morgan fingerprint density at radius 3 is 2.00 bits per heavy atom. The lowest BCUT2D eigenvalue weighted by molar-refractivity contribution is -0.105. The Labute approximate surface area is 42.5 Å². The van der Waals surface area contributed by atoms with Crippen LogP contribution in [-0.2, 0) is 4.79 Å². The minimum atomic E-state index is 0.0926. The third-order valence-corrected chi connectivity index (χ3v) is 0.747. The highest BCUT2D eigenvalue weighted by atomic mass is 16.3. The molecule has 0 fully saturated rings. The molecule has 0 heterocycles. The van der Waals surface area contributed by atoms with E-state index in [1.54, 1.807) is 6.92 Å². The molecule has 0 atom stereocenters. The van der Waals surface area contributed by atoms with Gasteiger partial charge < -0.3 is 5.11 Å². The van der Waals surface area contributed by atoms with Gasteiger partial charge in [0.05, 0.1) is 5.76 Å². The topological polar surface area (TPSA) is 37.3 Å². The van der Waals surface area contributed by atoms with Gasteiger partial charge in [0.1, 0.15) is 6.29 Å². The SMILES string of the molecule is C/C(O)=C(\C)C=O. The van der Waals surface area contributed by atoms with Gasteiger partial charge in [-0.2, -0.15) is 0 Å². The Balaban J connectivity index is 3.98. The van der Waals surface area contributed by atoms with Crippen LogP contribution in [0, 0.1) is 0 Å². The van der Waals surface area contributed by atoms with Crippen molar-refractivity contribution < 1.29 is 9.90 Å². The number of hydrogen-bond acceptors (Lipinski definition) is 2. The highest BCUT2D eigenvalue weighted by molar-refractivity contribution is 5.72. The van der Waals surface area contributed by atoms with Crippen molar-refractivity contribution in [3.8, 4) is 0 Å². The quantitative estimate of drug-likeness (QED) is 0.303. The Bertz CT molecular complexity index is 98.6. The smallest absolute Gasteiger partial charge is 0.149 e. The van der Waals surface area contributed by atoms with E-state index in [0.717, 1.165) is 0 Å². The summed E-state index contributed by atoms with van der Waals surface area (Å²) in [5.74, 6) is 0.0926. The highest BCUT2D eigenvalue weighted by Gasteiger charge is 1.86. The summed E-state index contributed by atoms with van der Waals surface area (Å²) >= 11 is 0. The van der Waals surface area contributed by atoms with Crippen LogP contribution in [0.3, 0.4) is 0 Å². The molecule has 0 rings (SSSR count). The maximum Gasteiger partial charge on any atom is 0.149 e. The Kier molecular flexibility index (Phi) is 2.12. The van der Waals surface area contributed by atoms with Crippen LogP contribution in [0.4, 0.5) is 0 Å². The van der Waals surface area contributed by atoms with Crippen LogP contribution in [0.1, 0.15) is 13.8 Å². The van der Waals surface area contributed by atoms with E-state index in [1.165, 1.54) is 6.92 Å². The van der Waals surface area contributed by atoms with Crippen LogP contribution in [0.2, 0.25) is 0 Å². The molecular weight excluding hydrogens is 92.1 g/mol. The molecule has 0 aliphatic carbocycles. The van der Waals surface area contributed by atoms with E-state index in [0.29, 0.717) is 11.9 Å². The fourth-order valence-corrected chi connectivity index (χ4v) is 0.0853. The molecule has 0 aliphatic heterocycles. The van der Waals surface area contributed by atoms with E-state index in [1.807, 2.05) is 0 Å². The minimum absolute atomic E-state index is 0.0926. The number of allylic oxidation sites excluding steroid dienone is 2. The Morgan fingerprint density at radius 2 is 2.00 bits per heavy atom. The van der Waals surface area contributed by atoms with E-state index in [-0.39, 0.29) is 5.76 Å².